The number of rotatable bonds is 6. The second-order valence-corrected chi connectivity index (χ2v) is 5.77. The quantitative estimate of drug-likeness (QED) is 0.836. The number of benzene rings is 1. The molecule has 0 atom stereocenters. The van der Waals surface area contributed by atoms with Gasteiger partial charge in [-0.2, -0.15) is 0 Å². The van der Waals surface area contributed by atoms with Crippen molar-refractivity contribution < 1.29 is 4.79 Å². The summed E-state index contributed by atoms with van der Waals surface area (Å²) in [5.41, 5.74) is 2.13. The highest BCUT2D eigenvalue weighted by Crippen LogP contribution is 2.23. The van der Waals surface area contributed by atoms with E-state index >= 15 is 0 Å². The third-order valence-electron chi connectivity index (χ3n) is 3.96. The lowest BCUT2D eigenvalue weighted by Gasteiger charge is -2.18. The summed E-state index contributed by atoms with van der Waals surface area (Å²) in [4.78, 5) is 14.3. The van der Waals surface area contributed by atoms with E-state index in [-0.39, 0.29) is 5.91 Å². The standard InChI is InChI=1S/C16H23N3O/c20-16(8-9-17-13-6-7-13)18-14-4-3-5-15(12-14)19-10-1-2-11-19/h3-5,12-13,17H,1-2,6-11H2,(H,18,20). The summed E-state index contributed by atoms with van der Waals surface area (Å²) < 4.78 is 0. The summed E-state index contributed by atoms with van der Waals surface area (Å²) in [7, 11) is 0. The largest absolute Gasteiger partial charge is 0.371 e. The third-order valence-corrected chi connectivity index (χ3v) is 3.96. The first-order chi connectivity index (χ1) is 9.81. The van der Waals surface area contributed by atoms with Gasteiger partial charge in [0.1, 0.15) is 0 Å². The van der Waals surface area contributed by atoms with E-state index in [9.17, 15) is 4.79 Å². The SMILES string of the molecule is O=C(CCNC1CC1)Nc1cccc(N2CCCC2)c1. The van der Waals surface area contributed by atoms with Crippen molar-refractivity contribution in [2.24, 2.45) is 0 Å². The van der Waals surface area contributed by atoms with Gasteiger partial charge < -0.3 is 15.5 Å². The Morgan fingerprint density at radius 3 is 2.80 bits per heavy atom. The highest BCUT2D eigenvalue weighted by molar-refractivity contribution is 5.91. The molecule has 3 rings (SSSR count). The van der Waals surface area contributed by atoms with Crippen LogP contribution in [-0.2, 0) is 4.79 Å². The first-order valence-electron chi connectivity index (χ1n) is 7.69. The Labute approximate surface area is 120 Å². The maximum absolute atomic E-state index is 11.9. The number of carbonyl (C=O) groups is 1. The van der Waals surface area contributed by atoms with Crippen molar-refractivity contribution in [3.63, 3.8) is 0 Å². The zero-order valence-corrected chi connectivity index (χ0v) is 11.9. The fourth-order valence-electron chi connectivity index (χ4n) is 2.66. The van der Waals surface area contributed by atoms with Crippen LogP contribution in [0.4, 0.5) is 11.4 Å². The van der Waals surface area contributed by atoms with Crippen LogP contribution in [0, 0.1) is 0 Å². The van der Waals surface area contributed by atoms with Crippen LogP contribution in [0.3, 0.4) is 0 Å². The Morgan fingerprint density at radius 1 is 1.25 bits per heavy atom. The molecule has 0 spiro atoms. The van der Waals surface area contributed by atoms with Crippen LogP contribution in [0.1, 0.15) is 32.1 Å². The van der Waals surface area contributed by atoms with Crippen LogP contribution in [-0.4, -0.2) is 31.6 Å². The molecule has 0 unspecified atom stereocenters. The molecule has 0 radical (unpaired) electrons. The Morgan fingerprint density at radius 2 is 2.05 bits per heavy atom. The van der Waals surface area contributed by atoms with Crippen molar-refractivity contribution >= 4 is 17.3 Å². The van der Waals surface area contributed by atoms with Gasteiger partial charge in [0.25, 0.3) is 0 Å². The molecule has 4 nitrogen and oxygen atoms in total. The molecule has 1 aromatic rings. The number of amides is 1. The molecule has 2 fully saturated rings. The molecule has 1 heterocycles. The zero-order valence-electron chi connectivity index (χ0n) is 11.9. The molecule has 108 valence electrons. The molecule has 1 saturated carbocycles. The fourth-order valence-corrected chi connectivity index (χ4v) is 2.66. The van der Waals surface area contributed by atoms with Gasteiger partial charge >= 0.3 is 0 Å². The second kappa shape index (κ2) is 6.27. The lowest BCUT2D eigenvalue weighted by atomic mass is 10.2. The van der Waals surface area contributed by atoms with E-state index in [1.54, 1.807) is 0 Å². The number of nitrogens with one attached hydrogen (secondary N) is 2. The molecular formula is C16H23N3O. The van der Waals surface area contributed by atoms with E-state index in [1.807, 2.05) is 12.1 Å². The fraction of sp³-hybridized carbons (Fsp3) is 0.562. The van der Waals surface area contributed by atoms with Gasteiger partial charge in [0.15, 0.2) is 0 Å². The number of carbonyl (C=O) groups excluding carboxylic acids is 1. The summed E-state index contributed by atoms with van der Waals surface area (Å²) in [6.45, 7) is 3.04. The maximum Gasteiger partial charge on any atom is 0.225 e. The normalized spacial score (nSPS) is 18.3. The van der Waals surface area contributed by atoms with Crippen LogP contribution in [0.15, 0.2) is 24.3 Å². The van der Waals surface area contributed by atoms with E-state index in [0.717, 1.165) is 25.3 Å². The number of hydrogen-bond donors (Lipinski definition) is 2. The molecule has 2 N–H and O–H groups in total. The van der Waals surface area contributed by atoms with E-state index in [1.165, 1.54) is 31.4 Å². The average Bonchev–Trinajstić information content (AvgIpc) is 3.10. The smallest absolute Gasteiger partial charge is 0.225 e. The van der Waals surface area contributed by atoms with Gasteiger partial charge in [-0.3, -0.25) is 4.79 Å². The highest BCUT2D eigenvalue weighted by Gasteiger charge is 2.20. The topological polar surface area (TPSA) is 44.4 Å². The van der Waals surface area contributed by atoms with Crippen molar-refractivity contribution in [1.29, 1.82) is 0 Å². The van der Waals surface area contributed by atoms with E-state index in [4.69, 9.17) is 0 Å². The van der Waals surface area contributed by atoms with Crippen molar-refractivity contribution in [2.45, 2.75) is 38.1 Å². The summed E-state index contributed by atoms with van der Waals surface area (Å²) in [5, 5.41) is 6.35. The van der Waals surface area contributed by atoms with Crippen molar-refractivity contribution in [3.05, 3.63) is 24.3 Å². The second-order valence-electron chi connectivity index (χ2n) is 5.77. The van der Waals surface area contributed by atoms with Gasteiger partial charge in [-0.05, 0) is 43.9 Å². The molecule has 2 aliphatic rings. The van der Waals surface area contributed by atoms with Gasteiger partial charge in [0, 0.05) is 43.5 Å². The van der Waals surface area contributed by atoms with Crippen LogP contribution in [0.2, 0.25) is 0 Å². The van der Waals surface area contributed by atoms with Crippen LogP contribution in [0.5, 0.6) is 0 Å². The predicted molar refractivity (Wildman–Crippen MR) is 82.2 cm³/mol. The van der Waals surface area contributed by atoms with Gasteiger partial charge in [-0.1, -0.05) is 6.07 Å². The Hall–Kier alpha value is -1.55. The molecular weight excluding hydrogens is 250 g/mol. The summed E-state index contributed by atoms with van der Waals surface area (Å²) >= 11 is 0. The minimum atomic E-state index is 0.0942. The molecule has 1 saturated heterocycles. The molecule has 1 aliphatic carbocycles. The number of hydrogen-bond acceptors (Lipinski definition) is 3. The first-order valence-corrected chi connectivity index (χ1v) is 7.69. The van der Waals surface area contributed by atoms with Crippen LogP contribution < -0.4 is 15.5 Å². The van der Waals surface area contributed by atoms with Crippen molar-refractivity contribution in [2.75, 3.05) is 29.9 Å². The monoisotopic (exact) mass is 273 g/mol. The average molecular weight is 273 g/mol. The highest BCUT2D eigenvalue weighted by atomic mass is 16.1. The van der Waals surface area contributed by atoms with Crippen molar-refractivity contribution in [3.8, 4) is 0 Å². The zero-order chi connectivity index (χ0) is 13.8. The Kier molecular flexibility index (Phi) is 4.21. The van der Waals surface area contributed by atoms with E-state index in [0.29, 0.717) is 12.5 Å². The van der Waals surface area contributed by atoms with Crippen molar-refractivity contribution in [1.82, 2.24) is 5.32 Å². The molecule has 1 amide bonds. The molecule has 20 heavy (non-hydrogen) atoms. The Balaban J connectivity index is 1.50. The predicted octanol–water partition coefficient (Wildman–Crippen LogP) is 2.37. The summed E-state index contributed by atoms with van der Waals surface area (Å²) in [5.74, 6) is 0.0942. The molecule has 0 bridgehead atoms. The van der Waals surface area contributed by atoms with Crippen LogP contribution in [0.25, 0.3) is 0 Å². The maximum atomic E-state index is 11.9. The van der Waals surface area contributed by atoms with Gasteiger partial charge in [0.2, 0.25) is 5.91 Å². The lowest BCUT2D eigenvalue weighted by molar-refractivity contribution is -0.116. The van der Waals surface area contributed by atoms with Gasteiger partial charge in [0.05, 0.1) is 0 Å². The van der Waals surface area contributed by atoms with E-state index < -0.39 is 0 Å². The van der Waals surface area contributed by atoms with Gasteiger partial charge in [-0.15, -0.1) is 0 Å². The minimum absolute atomic E-state index is 0.0942. The molecule has 4 heteroatoms. The van der Waals surface area contributed by atoms with Crippen LogP contribution >= 0.6 is 0 Å². The third kappa shape index (κ3) is 3.73. The Bertz CT molecular complexity index is 465. The molecule has 1 aromatic carbocycles. The summed E-state index contributed by atoms with van der Waals surface area (Å²) in [6, 6.07) is 8.85. The number of anilines is 2. The molecule has 1 aliphatic heterocycles. The lowest BCUT2D eigenvalue weighted by Crippen LogP contribution is -2.23. The van der Waals surface area contributed by atoms with E-state index in [2.05, 4.69) is 27.7 Å². The molecule has 0 aromatic heterocycles. The number of nitrogens with zero attached hydrogens (tertiary/aromatic N) is 1. The summed E-state index contributed by atoms with van der Waals surface area (Å²) in [6.07, 6.45) is 5.61. The first kappa shape index (κ1) is 13.4. The minimum Gasteiger partial charge on any atom is -0.371 e. The van der Waals surface area contributed by atoms with Gasteiger partial charge in [-0.25, -0.2) is 0 Å².